The molecule has 6 nitrogen and oxygen atoms in total. The average Bonchev–Trinajstić information content (AvgIpc) is 3.25. The second kappa shape index (κ2) is 6.64. The lowest BCUT2D eigenvalue weighted by atomic mass is 10.2. The van der Waals surface area contributed by atoms with Gasteiger partial charge in [0, 0.05) is 18.3 Å². The molecular weight excluding hydrogens is 296 g/mol. The van der Waals surface area contributed by atoms with Crippen molar-refractivity contribution in [2.75, 3.05) is 26.1 Å². The number of furan rings is 1. The molecule has 1 N–H and O–H groups in total. The van der Waals surface area contributed by atoms with Crippen LogP contribution in [0.2, 0.25) is 0 Å². The van der Waals surface area contributed by atoms with Crippen molar-refractivity contribution in [3.8, 4) is 11.5 Å². The number of carbonyl (C=O) groups excluding carboxylic acids is 1. The summed E-state index contributed by atoms with van der Waals surface area (Å²) >= 11 is 0. The molecule has 2 aromatic rings. The maximum absolute atomic E-state index is 12.6. The highest BCUT2D eigenvalue weighted by molar-refractivity contribution is 5.90. The number of ether oxygens (including phenoxy) is 2. The lowest BCUT2D eigenvalue weighted by Gasteiger charge is -2.23. The number of nitrogens with one attached hydrogen (secondary N) is 1. The number of methoxy groups -OCH3 is 2. The molecule has 1 aliphatic rings. The van der Waals surface area contributed by atoms with E-state index in [1.807, 2.05) is 12.1 Å². The fourth-order valence-corrected chi connectivity index (χ4v) is 2.90. The van der Waals surface area contributed by atoms with Crippen LogP contribution < -0.4 is 14.8 Å². The zero-order valence-electron chi connectivity index (χ0n) is 13.2. The van der Waals surface area contributed by atoms with Gasteiger partial charge in [-0.2, -0.15) is 0 Å². The van der Waals surface area contributed by atoms with Crippen LogP contribution in [0.1, 0.15) is 24.6 Å². The Morgan fingerprint density at radius 1 is 1.26 bits per heavy atom. The van der Waals surface area contributed by atoms with E-state index >= 15 is 0 Å². The standard InChI is InChI=1S/C17H20N2O4/c1-21-15-8-7-12(11-16(15)22-2)18-17(20)19-9-3-5-13(19)14-6-4-10-23-14/h4,6-8,10-11,13H,3,5,9H2,1-2H3,(H,18,20)/t13-/m1/s1. The van der Waals surface area contributed by atoms with Crippen molar-refractivity contribution in [3.05, 3.63) is 42.4 Å². The second-order valence-corrected chi connectivity index (χ2v) is 5.37. The molecule has 2 amide bonds. The molecule has 122 valence electrons. The Morgan fingerprint density at radius 3 is 2.78 bits per heavy atom. The molecule has 0 bridgehead atoms. The number of hydrogen-bond acceptors (Lipinski definition) is 4. The highest BCUT2D eigenvalue weighted by Crippen LogP contribution is 2.34. The Labute approximate surface area is 135 Å². The van der Waals surface area contributed by atoms with Gasteiger partial charge < -0.3 is 24.1 Å². The third kappa shape index (κ3) is 3.11. The van der Waals surface area contributed by atoms with E-state index < -0.39 is 0 Å². The summed E-state index contributed by atoms with van der Waals surface area (Å²) in [7, 11) is 3.14. The number of hydrogen-bond donors (Lipinski definition) is 1. The largest absolute Gasteiger partial charge is 0.493 e. The molecule has 0 saturated carbocycles. The van der Waals surface area contributed by atoms with Crippen LogP contribution in [0.15, 0.2) is 41.0 Å². The molecule has 6 heteroatoms. The predicted molar refractivity (Wildman–Crippen MR) is 86.0 cm³/mol. The molecule has 1 aromatic carbocycles. The number of nitrogens with zero attached hydrogens (tertiary/aromatic N) is 1. The van der Waals surface area contributed by atoms with Crippen LogP contribution in [0.4, 0.5) is 10.5 Å². The van der Waals surface area contributed by atoms with Gasteiger partial charge in [0.2, 0.25) is 0 Å². The molecule has 1 saturated heterocycles. The van der Waals surface area contributed by atoms with E-state index in [9.17, 15) is 4.79 Å². The smallest absolute Gasteiger partial charge is 0.322 e. The summed E-state index contributed by atoms with van der Waals surface area (Å²) in [5, 5.41) is 2.91. The van der Waals surface area contributed by atoms with Gasteiger partial charge in [0.1, 0.15) is 5.76 Å². The first-order valence-corrected chi connectivity index (χ1v) is 7.56. The molecule has 0 radical (unpaired) electrons. The number of urea groups is 1. The third-order valence-corrected chi connectivity index (χ3v) is 4.02. The Kier molecular flexibility index (Phi) is 4.41. The van der Waals surface area contributed by atoms with Gasteiger partial charge in [-0.25, -0.2) is 4.79 Å². The molecular formula is C17H20N2O4. The van der Waals surface area contributed by atoms with E-state index in [1.54, 1.807) is 43.6 Å². The maximum atomic E-state index is 12.6. The van der Waals surface area contributed by atoms with Crippen LogP contribution in [0.25, 0.3) is 0 Å². The SMILES string of the molecule is COc1ccc(NC(=O)N2CCC[C@@H]2c2ccco2)cc1OC. The monoisotopic (exact) mass is 316 g/mol. The van der Waals surface area contributed by atoms with E-state index in [2.05, 4.69) is 5.32 Å². The van der Waals surface area contributed by atoms with E-state index in [0.29, 0.717) is 23.7 Å². The molecule has 2 heterocycles. The number of anilines is 1. The summed E-state index contributed by atoms with van der Waals surface area (Å²) in [6, 6.07) is 8.90. The van der Waals surface area contributed by atoms with Crippen LogP contribution in [-0.2, 0) is 0 Å². The minimum absolute atomic E-state index is 0.00913. The van der Waals surface area contributed by atoms with E-state index in [4.69, 9.17) is 13.9 Å². The first-order valence-electron chi connectivity index (χ1n) is 7.56. The van der Waals surface area contributed by atoms with E-state index in [1.165, 1.54) is 0 Å². The zero-order valence-corrected chi connectivity index (χ0v) is 13.2. The fourth-order valence-electron chi connectivity index (χ4n) is 2.90. The number of benzene rings is 1. The Morgan fingerprint density at radius 2 is 2.09 bits per heavy atom. The molecule has 23 heavy (non-hydrogen) atoms. The van der Waals surface area contributed by atoms with E-state index in [0.717, 1.165) is 18.6 Å². The number of amides is 2. The lowest BCUT2D eigenvalue weighted by molar-refractivity contribution is 0.200. The van der Waals surface area contributed by atoms with Crippen molar-refractivity contribution < 1.29 is 18.7 Å². The van der Waals surface area contributed by atoms with Crippen molar-refractivity contribution in [1.82, 2.24) is 4.90 Å². The minimum atomic E-state index is -0.142. The van der Waals surface area contributed by atoms with Crippen molar-refractivity contribution in [1.29, 1.82) is 0 Å². The summed E-state index contributed by atoms with van der Waals surface area (Å²) in [5.74, 6) is 2.03. The van der Waals surface area contributed by atoms with Crippen molar-refractivity contribution in [3.63, 3.8) is 0 Å². The highest BCUT2D eigenvalue weighted by atomic mass is 16.5. The molecule has 1 fully saturated rings. The molecule has 0 aliphatic carbocycles. The van der Waals surface area contributed by atoms with Crippen molar-refractivity contribution in [2.24, 2.45) is 0 Å². The van der Waals surface area contributed by atoms with Gasteiger partial charge in [0.25, 0.3) is 0 Å². The van der Waals surface area contributed by atoms with Crippen molar-refractivity contribution in [2.45, 2.75) is 18.9 Å². The van der Waals surface area contributed by atoms with Gasteiger partial charge in [0.15, 0.2) is 11.5 Å². The van der Waals surface area contributed by atoms with Crippen LogP contribution in [0.5, 0.6) is 11.5 Å². The third-order valence-electron chi connectivity index (χ3n) is 4.02. The quantitative estimate of drug-likeness (QED) is 0.935. The summed E-state index contributed by atoms with van der Waals surface area (Å²) < 4.78 is 15.9. The van der Waals surface area contributed by atoms with Gasteiger partial charge in [-0.05, 0) is 37.1 Å². The summed E-state index contributed by atoms with van der Waals surface area (Å²) in [4.78, 5) is 14.4. The topological polar surface area (TPSA) is 63.9 Å². The predicted octanol–water partition coefficient (Wildman–Crippen LogP) is 3.67. The molecule has 1 atom stereocenters. The number of carbonyl (C=O) groups is 1. The normalized spacial score (nSPS) is 17.1. The van der Waals surface area contributed by atoms with Gasteiger partial charge in [-0.3, -0.25) is 0 Å². The lowest BCUT2D eigenvalue weighted by Crippen LogP contribution is -2.34. The van der Waals surface area contributed by atoms with Crippen LogP contribution in [-0.4, -0.2) is 31.7 Å². The first kappa shape index (κ1) is 15.3. The second-order valence-electron chi connectivity index (χ2n) is 5.37. The van der Waals surface area contributed by atoms with Gasteiger partial charge in [0.05, 0.1) is 26.5 Å². The summed E-state index contributed by atoms with van der Waals surface area (Å²) in [6.45, 7) is 0.713. The van der Waals surface area contributed by atoms with Crippen molar-refractivity contribution >= 4 is 11.7 Å². The highest BCUT2D eigenvalue weighted by Gasteiger charge is 2.31. The molecule has 1 aromatic heterocycles. The minimum Gasteiger partial charge on any atom is -0.493 e. The van der Waals surface area contributed by atoms with Crippen LogP contribution >= 0.6 is 0 Å². The summed E-state index contributed by atoms with van der Waals surface area (Å²) in [5.41, 5.74) is 0.665. The maximum Gasteiger partial charge on any atom is 0.322 e. The van der Waals surface area contributed by atoms with Crippen LogP contribution in [0, 0.1) is 0 Å². The van der Waals surface area contributed by atoms with Crippen LogP contribution in [0.3, 0.4) is 0 Å². The zero-order chi connectivity index (χ0) is 16.2. The Hall–Kier alpha value is -2.63. The Bertz CT molecular complexity index is 669. The number of likely N-dealkylation sites (tertiary alicyclic amines) is 1. The molecule has 0 unspecified atom stereocenters. The molecule has 3 rings (SSSR count). The Balaban J connectivity index is 1.74. The van der Waals surface area contributed by atoms with Gasteiger partial charge >= 0.3 is 6.03 Å². The fraction of sp³-hybridized carbons (Fsp3) is 0.353. The number of rotatable bonds is 4. The first-order chi connectivity index (χ1) is 11.2. The average molecular weight is 316 g/mol. The van der Waals surface area contributed by atoms with Gasteiger partial charge in [-0.15, -0.1) is 0 Å². The van der Waals surface area contributed by atoms with Gasteiger partial charge in [-0.1, -0.05) is 0 Å². The summed E-state index contributed by atoms with van der Waals surface area (Å²) in [6.07, 6.45) is 3.51. The molecule has 0 spiro atoms. The van der Waals surface area contributed by atoms with E-state index in [-0.39, 0.29) is 12.1 Å². The molecule has 1 aliphatic heterocycles.